The van der Waals surface area contributed by atoms with Crippen LogP contribution in [-0.4, -0.2) is 0 Å². The minimum absolute atomic E-state index is 0.0712. The standard InChI is InChI=1S/C49H39NO/c1-49(2)45-20-12-11-18-39(45)40-28-26-37(30-46(40)49)50(35-15-7-4-8-16-35)36-24-21-33(22-25-36)43-31-44-41-27-23-34(32-13-5-3-6-14-32)29-47(41)51-48(44)42-19-10-9-17-38(42)43/h3-29,43,46H,30-31H2,1-2H3. The number of anilines is 2. The van der Waals surface area contributed by atoms with Gasteiger partial charge in [0.25, 0.3) is 0 Å². The highest BCUT2D eigenvalue weighted by Crippen LogP contribution is 2.55. The van der Waals surface area contributed by atoms with Crippen molar-refractivity contribution in [2.24, 2.45) is 5.92 Å². The average molecular weight is 658 g/mol. The molecule has 0 saturated carbocycles. The van der Waals surface area contributed by atoms with Crippen molar-refractivity contribution in [1.82, 2.24) is 0 Å². The van der Waals surface area contributed by atoms with Gasteiger partial charge in [-0.15, -0.1) is 0 Å². The number of hydrogen-bond acceptors (Lipinski definition) is 2. The molecular weight excluding hydrogens is 619 g/mol. The van der Waals surface area contributed by atoms with Gasteiger partial charge in [0, 0.05) is 39.5 Å². The fourth-order valence-corrected chi connectivity index (χ4v) is 9.17. The van der Waals surface area contributed by atoms with Crippen LogP contribution in [0.25, 0.3) is 39.0 Å². The molecule has 7 aromatic rings. The van der Waals surface area contributed by atoms with E-state index < -0.39 is 0 Å². The highest BCUT2D eigenvalue weighted by Gasteiger charge is 2.44. The maximum Gasteiger partial charge on any atom is 0.138 e. The van der Waals surface area contributed by atoms with E-state index in [2.05, 4.69) is 183 Å². The van der Waals surface area contributed by atoms with Gasteiger partial charge in [0.05, 0.1) is 0 Å². The summed E-state index contributed by atoms with van der Waals surface area (Å²) in [5, 5.41) is 1.21. The molecule has 0 bridgehead atoms. The van der Waals surface area contributed by atoms with Crippen molar-refractivity contribution < 1.29 is 4.42 Å². The van der Waals surface area contributed by atoms with E-state index in [-0.39, 0.29) is 11.3 Å². The molecule has 0 N–H and O–H groups in total. The lowest BCUT2D eigenvalue weighted by atomic mass is 9.74. The summed E-state index contributed by atoms with van der Waals surface area (Å²) in [5.74, 6) is 1.68. The smallest absolute Gasteiger partial charge is 0.138 e. The zero-order valence-electron chi connectivity index (χ0n) is 29.0. The molecule has 2 nitrogen and oxygen atoms in total. The molecule has 10 rings (SSSR count). The third kappa shape index (κ3) is 4.77. The summed E-state index contributed by atoms with van der Waals surface area (Å²) in [6.45, 7) is 4.83. The minimum Gasteiger partial charge on any atom is -0.456 e. The van der Waals surface area contributed by atoms with Crippen LogP contribution in [0.2, 0.25) is 0 Å². The maximum atomic E-state index is 6.68. The monoisotopic (exact) mass is 657 g/mol. The minimum atomic E-state index is 0.0712. The molecule has 2 unspecified atom stereocenters. The maximum absolute atomic E-state index is 6.68. The molecule has 2 atom stereocenters. The number of benzene rings is 6. The Hall–Kier alpha value is -5.86. The summed E-state index contributed by atoms with van der Waals surface area (Å²) in [6.07, 6.45) is 6.64. The van der Waals surface area contributed by atoms with Gasteiger partial charge in [0.2, 0.25) is 0 Å². The third-order valence-corrected chi connectivity index (χ3v) is 11.8. The van der Waals surface area contributed by atoms with Crippen molar-refractivity contribution in [2.75, 3.05) is 4.90 Å². The Morgan fingerprint density at radius 3 is 2.10 bits per heavy atom. The molecule has 0 spiro atoms. The molecule has 2 heteroatoms. The SMILES string of the molecule is CC1(C)c2ccccc2C2=CC=C(N(c3ccccc3)c3ccc(C4Cc5c(oc6cc(-c7ccccc7)ccc56)-c5ccccc54)cc3)CC21. The van der Waals surface area contributed by atoms with Crippen LogP contribution in [0.3, 0.4) is 0 Å². The molecule has 0 aliphatic heterocycles. The molecule has 1 heterocycles. The number of rotatable bonds is 5. The molecule has 1 aromatic heterocycles. The fraction of sp³-hybridized carbons (Fsp3) is 0.143. The topological polar surface area (TPSA) is 16.4 Å². The lowest BCUT2D eigenvalue weighted by Gasteiger charge is -2.36. The zero-order chi connectivity index (χ0) is 34.1. The largest absolute Gasteiger partial charge is 0.456 e. The molecule has 51 heavy (non-hydrogen) atoms. The van der Waals surface area contributed by atoms with Crippen LogP contribution in [0.5, 0.6) is 0 Å². The molecule has 246 valence electrons. The summed E-state index contributed by atoms with van der Waals surface area (Å²) in [6, 6.07) is 55.3. The Kier molecular flexibility index (Phi) is 6.83. The van der Waals surface area contributed by atoms with Crippen molar-refractivity contribution in [1.29, 1.82) is 0 Å². The number of para-hydroxylation sites is 1. The first-order valence-corrected chi connectivity index (χ1v) is 18.2. The van der Waals surface area contributed by atoms with Crippen LogP contribution < -0.4 is 4.90 Å². The first-order chi connectivity index (χ1) is 25.0. The zero-order valence-corrected chi connectivity index (χ0v) is 29.0. The third-order valence-electron chi connectivity index (χ3n) is 11.8. The number of nitrogens with zero attached hydrogens (tertiary/aromatic N) is 1. The first-order valence-electron chi connectivity index (χ1n) is 18.2. The van der Waals surface area contributed by atoms with Gasteiger partial charge in [-0.3, -0.25) is 0 Å². The van der Waals surface area contributed by atoms with Gasteiger partial charge in [0.15, 0.2) is 0 Å². The molecule has 3 aliphatic rings. The Morgan fingerprint density at radius 2 is 1.29 bits per heavy atom. The molecule has 6 aromatic carbocycles. The number of furan rings is 1. The molecule has 0 radical (unpaired) electrons. The highest BCUT2D eigenvalue weighted by atomic mass is 16.3. The Labute approximate surface area is 300 Å². The second kappa shape index (κ2) is 11.6. The van der Waals surface area contributed by atoms with Gasteiger partial charge < -0.3 is 9.32 Å². The van der Waals surface area contributed by atoms with Crippen LogP contribution in [0, 0.1) is 5.92 Å². The number of fused-ring (bicyclic) bond motifs is 8. The summed E-state index contributed by atoms with van der Waals surface area (Å²) in [5.41, 5.74) is 16.6. The second-order valence-electron chi connectivity index (χ2n) is 14.9. The average Bonchev–Trinajstić information content (AvgIpc) is 3.67. The van der Waals surface area contributed by atoms with Crippen LogP contribution in [0.4, 0.5) is 11.4 Å². The van der Waals surface area contributed by atoms with Gasteiger partial charge in [-0.25, -0.2) is 0 Å². The van der Waals surface area contributed by atoms with E-state index in [0.29, 0.717) is 5.92 Å². The van der Waals surface area contributed by atoms with Crippen molar-refractivity contribution in [2.45, 2.75) is 38.0 Å². The summed E-state index contributed by atoms with van der Waals surface area (Å²) in [4.78, 5) is 2.47. The predicted molar refractivity (Wildman–Crippen MR) is 211 cm³/mol. The number of allylic oxidation sites excluding steroid dienone is 4. The predicted octanol–water partition coefficient (Wildman–Crippen LogP) is 12.9. The Balaban J connectivity index is 1.02. The van der Waals surface area contributed by atoms with Gasteiger partial charge >= 0.3 is 0 Å². The molecule has 0 amide bonds. The Morgan fingerprint density at radius 1 is 0.608 bits per heavy atom. The van der Waals surface area contributed by atoms with E-state index in [9.17, 15) is 0 Å². The lowest BCUT2D eigenvalue weighted by molar-refractivity contribution is 0.406. The van der Waals surface area contributed by atoms with Crippen LogP contribution in [0.1, 0.15) is 54.0 Å². The van der Waals surface area contributed by atoms with Crippen molar-refractivity contribution in [3.05, 3.63) is 197 Å². The van der Waals surface area contributed by atoms with E-state index in [1.54, 1.807) is 0 Å². The molecule has 3 aliphatic carbocycles. The summed E-state index contributed by atoms with van der Waals surface area (Å²) < 4.78 is 6.68. The second-order valence-corrected chi connectivity index (χ2v) is 14.9. The van der Waals surface area contributed by atoms with Crippen LogP contribution in [-0.2, 0) is 11.8 Å². The number of hydrogen-bond donors (Lipinski definition) is 0. The molecular formula is C49H39NO. The quantitative estimate of drug-likeness (QED) is 0.183. The van der Waals surface area contributed by atoms with Gasteiger partial charge in [0.1, 0.15) is 11.3 Å². The van der Waals surface area contributed by atoms with Crippen molar-refractivity contribution in [3.8, 4) is 22.5 Å². The lowest BCUT2D eigenvalue weighted by Crippen LogP contribution is -2.28. The van der Waals surface area contributed by atoms with Crippen molar-refractivity contribution >= 4 is 27.9 Å². The van der Waals surface area contributed by atoms with Crippen LogP contribution >= 0.6 is 0 Å². The van der Waals surface area contributed by atoms with E-state index in [4.69, 9.17) is 4.42 Å². The van der Waals surface area contributed by atoms with E-state index in [0.717, 1.165) is 24.2 Å². The summed E-state index contributed by atoms with van der Waals surface area (Å²) in [7, 11) is 0. The fourth-order valence-electron chi connectivity index (χ4n) is 9.17. The van der Waals surface area contributed by atoms with Crippen molar-refractivity contribution in [3.63, 3.8) is 0 Å². The van der Waals surface area contributed by atoms with Gasteiger partial charge in [-0.1, -0.05) is 141 Å². The van der Waals surface area contributed by atoms with Gasteiger partial charge in [-0.05, 0) is 99.5 Å². The Bertz CT molecular complexity index is 2500. The first kappa shape index (κ1) is 30.0. The van der Waals surface area contributed by atoms with E-state index in [1.807, 2.05) is 0 Å². The van der Waals surface area contributed by atoms with Gasteiger partial charge in [-0.2, -0.15) is 0 Å². The normalized spacial score (nSPS) is 18.2. The molecule has 0 fully saturated rings. The summed E-state index contributed by atoms with van der Waals surface area (Å²) >= 11 is 0. The van der Waals surface area contributed by atoms with Crippen LogP contribution in [0.15, 0.2) is 174 Å². The van der Waals surface area contributed by atoms with E-state index >= 15 is 0 Å². The van der Waals surface area contributed by atoms with E-state index in [1.165, 1.54) is 72.5 Å². The highest BCUT2D eigenvalue weighted by molar-refractivity contribution is 5.93. The molecule has 0 saturated heterocycles.